The molecule has 0 bridgehead atoms. The first-order valence-corrected chi connectivity index (χ1v) is 12.7. The molecule has 1 amide bonds. The van der Waals surface area contributed by atoms with Crippen molar-refractivity contribution >= 4 is 26.1 Å². The number of hydrogen-bond donors (Lipinski definition) is 0. The molecule has 1 unspecified atom stereocenters. The van der Waals surface area contributed by atoms with Crippen LogP contribution in [0.4, 0.5) is 0 Å². The Kier molecular flexibility index (Phi) is 7.65. The number of amides is 1. The van der Waals surface area contributed by atoms with Crippen LogP contribution in [-0.2, 0) is 25.0 Å². The number of rotatable bonds is 8. The van der Waals surface area contributed by atoms with Crippen molar-refractivity contribution in [3.63, 3.8) is 0 Å². The normalized spacial score (nSPS) is 23.3. The van der Waals surface area contributed by atoms with Crippen molar-refractivity contribution in [2.45, 2.75) is 46.1 Å². The molecule has 0 aliphatic carbocycles. The van der Waals surface area contributed by atoms with Crippen molar-refractivity contribution in [3.8, 4) is 0 Å². The third kappa shape index (κ3) is 4.81. The Morgan fingerprint density at radius 3 is 2.07 bits per heavy atom. The Morgan fingerprint density at radius 2 is 1.56 bits per heavy atom. The van der Waals surface area contributed by atoms with Gasteiger partial charge in [0, 0.05) is 45.8 Å². The monoisotopic (exact) mass is 424 g/mol. The molecule has 2 fully saturated rings. The minimum absolute atomic E-state index is 0.0483. The summed E-state index contributed by atoms with van der Waals surface area (Å²) in [6.45, 7) is 7.65. The molecule has 27 heavy (non-hydrogen) atoms. The van der Waals surface area contributed by atoms with Crippen molar-refractivity contribution in [3.05, 3.63) is 0 Å². The van der Waals surface area contributed by atoms with Gasteiger partial charge in [0.2, 0.25) is 15.9 Å². The molecule has 2 aliphatic rings. The lowest BCUT2D eigenvalue weighted by molar-refractivity contribution is -0.135. The highest BCUT2D eigenvalue weighted by molar-refractivity contribution is 7.89. The van der Waals surface area contributed by atoms with Gasteiger partial charge in [-0.25, -0.2) is 8.42 Å². The Balaban J connectivity index is 2.02. The first-order valence-electron chi connectivity index (χ1n) is 9.72. The standard InChI is InChI=1S/C16H32N4O5S2/c1-4-14-26(22,23)20-9-7-8-15(20)16(21)17-10-12-19(13-11-17)27(24,25)18(5-2)6-3/h15H,4-14H2,1-3H3. The van der Waals surface area contributed by atoms with Crippen LogP contribution in [0.25, 0.3) is 0 Å². The van der Waals surface area contributed by atoms with Gasteiger partial charge in [-0.05, 0) is 19.3 Å². The van der Waals surface area contributed by atoms with Crippen LogP contribution in [0.1, 0.15) is 40.0 Å². The predicted octanol–water partition coefficient (Wildman–Crippen LogP) is -0.0786. The van der Waals surface area contributed by atoms with Crippen LogP contribution < -0.4 is 0 Å². The fraction of sp³-hybridized carbons (Fsp3) is 0.938. The van der Waals surface area contributed by atoms with E-state index in [1.54, 1.807) is 25.7 Å². The number of sulfonamides is 1. The molecule has 11 heteroatoms. The van der Waals surface area contributed by atoms with E-state index in [9.17, 15) is 21.6 Å². The molecule has 2 saturated heterocycles. The van der Waals surface area contributed by atoms with Crippen LogP contribution in [-0.4, -0.2) is 98.2 Å². The van der Waals surface area contributed by atoms with Gasteiger partial charge in [-0.15, -0.1) is 0 Å². The van der Waals surface area contributed by atoms with E-state index in [0.717, 1.165) is 0 Å². The summed E-state index contributed by atoms with van der Waals surface area (Å²) in [6.07, 6.45) is 1.72. The Bertz CT molecular complexity index is 713. The molecule has 0 aromatic rings. The van der Waals surface area contributed by atoms with Crippen molar-refractivity contribution in [1.29, 1.82) is 0 Å². The summed E-state index contributed by atoms with van der Waals surface area (Å²) in [5.41, 5.74) is 0. The maximum absolute atomic E-state index is 12.9. The summed E-state index contributed by atoms with van der Waals surface area (Å²) in [4.78, 5) is 14.5. The molecule has 0 aromatic carbocycles. The quantitative estimate of drug-likeness (QED) is 0.543. The Labute approximate surface area is 163 Å². The highest BCUT2D eigenvalue weighted by atomic mass is 32.2. The van der Waals surface area contributed by atoms with Crippen LogP contribution in [0, 0.1) is 0 Å². The van der Waals surface area contributed by atoms with E-state index in [1.807, 2.05) is 0 Å². The molecule has 0 radical (unpaired) electrons. The van der Waals surface area contributed by atoms with Crippen molar-refractivity contribution in [1.82, 2.24) is 17.8 Å². The highest BCUT2D eigenvalue weighted by Crippen LogP contribution is 2.24. The van der Waals surface area contributed by atoms with E-state index in [2.05, 4.69) is 0 Å². The van der Waals surface area contributed by atoms with E-state index in [1.165, 1.54) is 12.9 Å². The first-order chi connectivity index (χ1) is 12.7. The summed E-state index contributed by atoms with van der Waals surface area (Å²) >= 11 is 0. The Hall–Kier alpha value is -0.750. The van der Waals surface area contributed by atoms with Crippen molar-refractivity contribution < 1.29 is 21.6 Å². The maximum Gasteiger partial charge on any atom is 0.282 e. The van der Waals surface area contributed by atoms with Gasteiger partial charge >= 0.3 is 0 Å². The van der Waals surface area contributed by atoms with Gasteiger partial charge in [0.15, 0.2) is 0 Å². The number of hydrogen-bond acceptors (Lipinski definition) is 5. The third-order valence-electron chi connectivity index (χ3n) is 5.22. The van der Waals surface area contributed by atoms with Crippen molar-refractivity contribution in [2.75, 3.05) is 51.6 Å². The van der Waals surface area contributed by atoms with Crippen LogP contribution >= 0.6 is 0 Å². The van der Waals surface area contributed by atoms with E-state index >= 15 is 0 Å². The van der Waals surface area contributed by atoms with E-state index in [-0.39, 0.29) is 37.8 Å². The lowest BCUT2D eigenvalue weighted by Gasteiger charge is -2.38. The number of piperazine rings is 1. The molecule has 0 saturated carbocycles. The van der Waals surface area contributed by atoms with E-state index < -0.39 is 26.3 Å². The molecular weight excluding hydrogens is 392 g/mol. The maximum atomic E-state index is 12.9. The fourth-order valence-corrected chi connectivity index (χ4v) is 7.10. The largest absolute Gasteiger partial charge is 0.339 e. The van der Waals surface area contributed by atoms with Gasteiger partial charge in [-0.1, -0.05) is 20.8 Å². The number of carbonyl (C=O) groups excluding carboxylic acids is 1. The first kappa shape index (κ1) is 22.5. The minimum atomic E-state index is -3.51. The molecule has 1 atom stereocenters. The minimum Gasteiger partial charge on any atom is -0.339 e. The second-order valence-electron chi connectivity index (χ2n) is 6.90. The molecule has 158 valence electrons. The van der Waals surface area contributed by atoms with Crippen LogP contribution in [0.15, 0.2) is 0 Å². The topological polar surface area (TPSA) is 98.3 Å². The number of nitrogens with zero attached hydrogens (tertiary/aromatic N) is 4. The second-order valence-corrected chi connectivity index (χ2v) is 10.9. The van der Waals surface area contributed by atoms with Crippen LogP contribution in [0.2, 0.25) is 0 Å². The molecule has 2 heterocycles. The van der Waals surface area contributed by atoms with Gasteiger partial charge in [0.05, 0.1) is 5.75 Å². The van der Waals surface area contributed by atoms with E-state index in [4.69, 9.17) is 0 Å². The smallest absolute Gasteiger partial charge is 0.282 e. The SMILES string of the molecule is CCCS(=O)(=O)N1CCCC1C(=O)N1CCN(S(=O)(=O)N(CC)CC)CC1. The van der Waals surface area contributed by atoms with Gasteiger partial charge in [-0.3, -0.25) is 4.79 Å². The molecule has 2 aliphatic heterocycles. The Morgan fingerprint density at radius 1 is 0.963 bits per heavy atom. The fourth-order valence-electron chi connectivity index (χ4n) is 3.76. The number of carbonyl (C=O) groups is 1. The average Bonchev–Trinajstić information content (AvgIpc) is 3.13. The summed E-state index contributed by atoms with van der Waals surface area (Å²) in [5.74, 6) is -0.154. The molecule has 9 nitrogen and oxygen atoms in total. The van der Waals surface area contributed by atoms with Gasteiger partial charge in [-0.2, -0.15) is 21.3 Å². The summed E-state index contributed by atoms with van der Waals surface area (Å²) in [5, 5.41) is 0. The summed E-state index contributed by atoms with van der Waals surface area (Å²) in [6, 6.07) is -0.646. The van der Waals surface area contributed by atoms with Gasteiger partial charge in [0.1, 0.15) is 6.04 Å². The molecule has 0 spiro atoms. The van der Waals surface area contributed by atoms with Crippen LogP contribution in [0.3, 0.4) is 0 Å². The van der Waals surface area contributed by atoms with Crippen LogP contribution in [0.5, 0.6) is 0 Å². The average molecular weight is 425 g/mol. The summed E-state index contributed by atoms with van der Waals surface area (Å²) < 4.78 is 54.2. The molecule has 0 aromatic heterocycles. The van der Waals surface area contributed by atoms with Gasteiger partial charge in [0.25, 0.3) is 10.2 Å². The third-order valence-corrected chi connectivity index (χ3v) is 9.48. The zero-order valence-corrected chi connectivity index (χ0v) is 18.1. The molecule has 2 rings (SSSR count). The van der Waals surface area contributed by atoms with Gasteiger partial charge < -0.3 is 4.90 Å². The second kappa shape index (κ2) is 9.17. The molecular formula is C16H32N4O5S2. The summed E-state index contributed by atoms with van der Waals surface area (Å²) in [7, 11) is -6.93. The predicted molar refractivity (Wildman–Crippen MR) is 104 cm³/mol. The van der Waals surface area contributed by atoms with E-state index in [0.29, 0.717) is 38.9 Å². The molecule has 0 N–H and O–H groups in total. The lowest BCUT2D eigenvalue weighted by atomic mass is 10.2. The zero-order valence-electron chi connectivity index (χ0n) is 16.5. The van der Waals surface area contributed by atoms with Crippen molar-refractivity contribution in [2.24, 2.45) is 0 Å². The lowest BCUT2D eigenvalue weighted by Crippen LogP contribution is -2.57. The highest BCUT2D eigenvalue weighted by Gasteiger charge is 2.41. The zero-order chi connectivity index (χ0) is 20.2.